The highest BCUT2D eigenvalue weighted by atomic mass is 35.5. The van der Waals surface area contributed by atoms with E-state index in [9.17, 15) is 14.7 Å². The third kappa shape index (κ3) is 3.67. The number of hydrogen-bond donors (Lipinski definition) is 1. The second-order valence-corrected chi connectivity index (χ2v) is 7.61. The van der Waals surface area contributed by atoms with Crippen LogP contribution in [0.25, 0.3) is 22.5 Å². The van der Waals surface area contributed by atoms with Crippen LogP contribution in [0.2, 0.25) is 5.02 Å². The molecule has 0 radical (unpaired) electrons. The number of hydrogen-bond acceptors (Lipinski definition) is 3. The number of phenols is 1. The first-order valence-electron chi connectivity index (χ1n) is 9.36. The number of rotatable bonds is 3. The van der Waals surface area contributed by atoms with E-state index in [1.165, 1.54) is 27.3 Å². The molecule has 30 heavy (non-hydrogen) atoms. The van der Waals surface area contributed by atoms with E-state index in [2.05, 4.69) is 0 Å². The van der Waals surface area contributed by atoms with Crippen LogP contribution in [0.5, 0.6) is 5.75 Å². The van der Waals surface area contributed by atoms with E-state index in [1.54, 1.807) is 54.9 Å². The molecule has 2 heterocycles. The number of halogens is 1. The number of nitrogens with zero attached hydrogens (tertiary/aromatic N) is 2. The van der Waals surface area contributed by atoms with Gasteiger partial charge in [0.1, 0.15) is 5.75 Å². The SMILES string of the molecule is Cc1ccc(=O)n(-c2ccc(-c3cc(=O)n(-c4cccc(Cl)c4)cc3C)c(O)c2)c1. The molecule has 1 N–H and O–H groups in total. The maximum Gasteiger partial charge on any atom is 0.255 e. The summed E-state index contributed by atoms with van der Waals surface area (Å²) in [6, 6.07) is 16.8. The minimum Gasteiger partial charge on any atom is -0.507 e. The smallest absolute Gasteiger partial charge is 0.255 e. The van der Waals surface area contributed by atoms with Crippen molar-refractivity contribution < 1.29 is 5.11 Å². The zero-order valence-corrected chi connectivity index (χ0v) is 17.2. The van der Waals surface area contributed by atoms with Gasteiger partial charge in [-0.3, -0.25) is 18.7 Å². The minimum atomic E-state index is -0.240. The highest BCUT2D eigenvalue weighted by Crippen LogP contribution is 2.32. The molecule has 0 saturated carbocycles. The predicted molar refractivity (Wildman–Crippen MR) is 119 cm³/mol. The van der Waals surface area contributed by atoms with Crippen LogP contribution in [0.1, 0.15) is 11.1 Å². The summed E-state index contributed by atoms with van der Waals surface area (Å²) in [6.07, 6.45) is 3.44. The van der Waals surface area contributed by atoms with Crippen LogP contribution in [-0.4, -0.2) is 14.2 Å². The summed E-state index contributed by atoms with van der Waals surface area (Å²) >= 11 is 6.05. The first kappa shape index (κ1) is 19.7. The van der Waals surface area contributed by atoms with Gasteiger partial charge < -0.3 is 5.11 Å². The topological polar surface area (TPSA) is 64.2 Å². The molecule has 2 aromatic carbocycles. The fourth-order valence-electron chi connectivity index (χ4n) is 3.44. The summed E-state index contributed by atoms with van der Waals surface area (Å²) in [5.41, 5.74) is 3.68. The van der Waals surface area contributed by atoms with Crippen molar-refractivity contribution in [1.82, 2.24) is 9.13 Å². The van der Waals surface area contributed by atoms with Gasteiger partial charge >= 0.3 is 0 Å². The Morgan fingerprint density at radius 3 is 2.23 bits per heavy atom. The highest BCUT2D eigenvalue weighted by molar-refractivity contribution is 6.30. The molecule has 0 saturated heterocycles. The molecule has 5 nitrogen and oxygen atoms in total. The lowest BCUT2D eigenvalue weighted by molar-refractivity contribution is 0.477. The lowest BCUT2D eigenvalue weighted by Gasteiger charge is -2.14. The van der Waals surface area contributed by atoms with Crippen LogP contribution in [-0.2, 0) is 0 Å². The van der Waals surface area contributed by atoms with Crippen molar-refractivity contribution in [2.45, 2.75) is 13.8 Å². The molecule has 0 fully saturated rings. The number of phenolic OH excluding ortho intramolecular Hbond substituents is 1. The quantitative estimate of drug-likeness (QED) is 0.527. The van der Waals surface area contributed by atoms with Crippen LogP contribution in [0.3, 0.4) is 0 Å². The van der Waals surface area contributed by atoms with Crippen molar-refractivity contribution in [2.24, 2.45) is 0 Å². The van der Waals surface area contributed by atoms with Crippen LogP contribution in [0, 0.1) is 13.8 Å². The fraction of sp³-hybridized carbons (Fsp3) is 0.0833. The Labute approximate surface area is 178 Å². The second kappa shape index (κ2) is 7.69. The van der Waals surface area contributed by atoms with E-state index in [0.717, 1.165) is 11.1 Å². The van der Waals surface area contributed by atoms with Gasteiger partial charge in [-0.2, -0.15) is 0 Å². The molecule has 0 spiro atoms. The molecule has 4 aromatic rings. The zero-order chi connectivity index (χ0) is 21.4. The summed E-state index contributed by atoms with van der Waals surface area (Å²) in [4.78, 5) is 24.9. The molecule has 0 bridgehead atoms. The summed E-state index contributed by atoms with van der Waals surface area (Å²) < 4.78 is 2.99. The van der Waals surface area contributed by atoms with Gasteiger partial charge in [-0.25, -0.2) is 0 Å². The van der Waals surface area contributed by atoms with Crippen molar-refractivity contribution in [3.05, 3.63) is 110 Å². The van der Waals surface area contributed by atoms with Crippen LogP contribution in [0.15, 0.2) is 82.6 Å². The molecule has 0 atom stereocenters. The van der Waals surface area contributed by atoms with E-state index >= 15 is 0 Å². The van der Waals surface area contributed by atoms with E-state index in [0.29, 0.717) is 27.5 Å². The van der Waals surface area contributed by atoms with Gasteiger partial charge in [0.2, 0.25) is 0 Å². The molecular weight excluding hydrogens is 400 g/mol. The van der Waals surface area contributed by atoms with Gasteiger partial charge in [0.25, 0.3) is 11.1 Å². The summed E-state index contributed by atoms with van der Waals surface area (Å²) in [7, 11) is 0. The Balaban J connectivity index is 1.80. The molecule has 150 valence electrons. The number of pyridine rings is 2. The highest BCUT2D eigenvalue weighted by Gasteiger charge is 2.13. The zero-order valence-electron chi connectivity index (χ0n) is 16.5. The molecule has 0 aliphatic carbocycles. The standard InChI is InChI=1S/C24H19ClN2O3/c1-15-6-9-23(29)26(13-15)19-7-8-20(22(28)11-19)21-12-24(30)27(14-16(21)2)18-5-3-4-17(25)10-18/h3-14,28H,1-2H3. The number of aromatic hydroxyl groups is 1. The molecule has 6 heteroatoms. The maximum atomic E-state index is 12.8. The average molecular weight is 419 g/mol. The minimum absolute atomic E-state index is 0.0103. The molecule has 4 rings (SSSR count). The van der Waals surface area contributed by atoms with Crippen molar-refractivity contribution in [2.75, 3.05) is 0 Å². The first-order valence-corrected chi connectivity index (χ1v) is 9.73. The molecule has 0 aliphatic rings. The Kier molecular flexibility index (Phi) is 5.06. The third-order valence-electron chi connectivity index (χ3n) is 4.95. The maximum absolute atomic E-state index is 12.8. The lowest BCUT2D eigenvalue weighted by atomic mass is 10.0. The largest absolute Gasteiger partial charge is 0.507 e. The van der Waals surface area contributed by atoms with Crippen molar-refractivity contribution in [3.63, 3.8) is 0 Å². The first-order chi connectivity index (χ1) is 14.3. The van der Waals surface area contributed by atoms with Gasteiger partial charge in [0.05, 0.1) is 11.4 Å². The van der Waals surface area contributed by atoms with Crippen LogP contribution in [0.4, 0.5) is 0 Å². The van der Waals surface area contributed by atoms with E-state index < -0.39 is 0 Å². The van der Waals surface area contributed by atoms with Gasteiger partial charge in [-0.1, -0.05) is 23.7 Å². The third-order valence-corrected chi connectivity index (χ3v) is 5.18. The summed E-state index contributed by atoms with van der Waals surface area (Å²) in [6.45, 7) is 3.76. The Morgan fingerprint density at radius 1 is 0.767 bits per heavy atom. The Bertz CT molecular complexity index is 1390. The number of aromatic nitrogens is 2. The van der Waals surface area contributed by atoms with Crippen LogP contribution >= 0.6 is 11.6 Å². The van der Waals surface area contributed by atoms with Gasteiger partial charge in [0.15, 0.2) is 0 Å². The molecule has 0 unspecified atom stereocenters. The van der Waals surface area contributed by atoms with Crippen molar-refractivity contribution >= 4 is 11.6 Å². The lowest BCUT2D eigenvalue weighted by Crippen LogP contribution is -2.18. The molecule has 0 amide bonds. The fourth-order valence-corrected chi connectivity index (χ4v) is 3.63. The second-order valence-electron chi connectivity index (χ2n) is 7.17. The average Bonchev–Trinajstić information content (AvgIpc) is 2.71. The monoisotopic (exact) mass is 418 g/mol. The van der Waals surface area contributed by atoms with Gasteiger partial charge in [0, 0.05) is 41.2 Å². The summed E-state index contributed by atoms with van der Waals surface area (Å²) in [5.74, 6) is -0.0103. The normalized spacial score (nSPS) is 10.9. The van der Waals surface area contributed by atoms with E-state index in [4.69, 9.17) is 11.6 Å². The summed E-state index contributed by atoms with van der Waals surface area (Å²) in [5, 5.41) is 11.2. The van der Waals surface area contributed by atoms with Crippen molar-refractivity contribution in [1.29, 1.82) is 0 Å². The molecule has 2 aromatic heterocycles. The van der Waals surface area contributed by atoms with Crippen molar-refractivity contribution in [3.8, 4) is 28.3 Å². The number of benzene rings is 2. The van der Waals surface area contributed by atoms with Gasteiger partial charge in [-0.15, -0.1) is 0 Å². The Morgan fingerprint density at radius 2 is 1.50 bits per heavy atom. The number of aryl methyl sites for hydroxylation is 2. The molecular formula is C24H19ClN2O3. The van der Waals surface area contributed by atoms with E-state index in [-0.39, 0.29) is 16.9 Å². The van der Waals surface area contributed by atoms with E-state index in [1.807, 2.05) is 13.8 Å². The van der Waals surface area contributed by atoms with Crippen LogP contribution < -0.4 is 11.1 Å². The Hall–Kier alpha value is -3.57. The predicted octanol–water partition coefficient (Wildman–Crippen LogP) is 4.63. The van der Waals surface area contributed by atoms with Gasteiger partial charge in [-0.05, 0) is 60.9 Å². The molecule has 0 aliphatic heterocycles.